The van der Waals surface area contributed by atoms with E-state index >= 15 is 0 Å². The minimum atomic E-state index is 0.0142. The van der Waals surface area contributed by atoms with Crippen molar-refractivity contribution in [2.75, 3.05) is 18.5 Å². The van der Waals surface area contributed by atoms with Crippen molar-refractivity contribution in [3.05, 3.63) is 24.2 Å². The Morgan fingerprint density at radius 3 is 2.82 bits per heavy atom. The molecule has 2 N–H and O–H groups in total. The summed E-state index contributed by atoms with van der Waals surface area (Å²) in [6, 6.07) is 2.03. The standard InChI is InChI=1S/C12H18N4O/c1-12(2,3)10-8-9-11(14-5-7-17)13-4-6-16(9)15-10/h4,6,8,17H,5,7H2,1-3H3,(H,13,14). The summed E-state index contributed by atoms with van der Waals surface area (Å²) in [5, 5.41) is 16.4. The molecule has 0 aromatic carbocycles. The van der Waals surface area contributed by atoms with Gasteiger partial charge in [-0.15, -0.1) is 0 Å². The highest BCUT2D eigenvalue weighted by Crippen LogP contribution is 2.24. The Labute approximate surface area is 100 Å². The fourth-order valence-corrected chi connectivity index (χ4v) is 1.60. The lowest BCUT2D eigenvalue weighted by molar-refractivity contribution is 0.311. The maximum Gasteiger partial charge on any atom is 0.152 e. The molecule has 2 rings (SSSR count). The number of nitrogens with zero attached hydrogens (tertiary/aromatic N) is 3. The van der Waals surface area contributed by atoms with Gasteiger partial charge < -0.3 is 10.4 Å². The molecule has 0 saturated carbocycles. The molecule has 0 bridgehead atoms. The normalized spacial score (nSPS) is 12.0. The maximum atomic E-state index is 8.82. The van der Waals surface area contributed by atoms with Crippen LogP contribution < -0.4 is 5.32 Å². The summed E-state index contributed by atoms with van der Waals surface area (Å²) in [5.74, 6) is 0.754. The van der Waals surface area contributed by atoms with Gasteiger partial charge in [-0.3, -0.25) is 0 Å². The maximum absolute atomic E-state index is 8.82. The molecule has 2 aromatic rings. The highest BCUT2D eigenvalue weighted by molar-refractivity contribution is 5.68. The molecule has 5 heteroatoms. The predicted octanol–water partition coefficient (Wildman–Crippen LogP) is 1.43. The molecule has 0 aliphatic heterocycles. The fourth-order valence-electron chi connectivity index (χ4n) is 1.60. The first kappa shape index (κ1) is 11.9. The monoisotopic (exact) mass is 234 g/mol. The van der Waals surface area contributed by atoms with Gasteiger partial charge in [0.25, 0.3) is 0 Å². The van der Waals surface area contributed by atoms with Crippen LogP contribution in [0, 0.1) is 0 Å². The number of fused-ring (bicyclic) bond motifs is 1. The molecular weight excluding hydrogens is 216 g/mol. The lowest BCUT2D eigenvalue weighted by Gasteiger charge is -2.13. The molecule has 5 nitrogen and oxygen atoms in total. The Bertz CT molecular complexity index is 513. The minimum Gasteiger partial charge on any atom is -0.395 e. The summed E-state index contributed by atoms with van der Waals surface area (Å²) < 4.78 is 1.81. The first-order chi connectivity index (χ1) is 8.02. The van der Waals surface area contributed by atoms with E-state index < -0.39 is 0 Å². The number of aliphatic hydroxyl groups excluding tert-OH is 1. The van der Waals surface area contributed by atoms with Crippen LogP contribution in [0.4, 0.5) is 5.82 Å². The topological polar surface area (TPSA) is 62.5 Å². The van der Waals surface area contributed by atoms with E-state index in [9.17, 15) is 0 Å². The third-order valence-corrected chi connectivity index (χ3v) is 2.56. The molecule has 0 atom stereocenters. The first-order valence-corrected chi connectivity index (χ1v) is 5.72. The van der Waals surface area contributed by atoms with Crippen LogP contribution in [0.3, 0.4) is 0 Å². The molecule has 0 aliphatic carbocycles. The molecule has 0 amide bonds. The van der Waals surface area contributed by atoms with Crippen LogP contribution in [0.15, 0.2) is 18.5 Å². The van der Waals surface area contributed by atoms with Gasteiger partial charge in [-0.05, 0) is 6.07 Å². The van der Waals surface area contributed by atoms with Gasteiger partial charge in [0.15, 0.2) is 5.82 Å². The molecule has 0 radical (unpaired) electrons. The van der Waals surface area contributed by atoms with Gasteiger partial charge in [0.05, 0.1) is 12.3 Å². The van der Waals surface area contributed by atoms with E-state index in [1.165, 1.54) is 0 Å². The van der Waals surface area contributed by atoms with Crippen molar-refractivity contribution in [3.63, 3.8) is 0 Å². The van der Waals surface area contributed by atoms with Crippen molar-refractivity contribution >= 4 is 11.3 Å². The number of rotatable bonds is 3. The van der Waals surface area contributed by atoms with Crippen molar-refractivity contribution in [2.24, 2.45) is 0 Å². The molecule has 0 unspecified atom stereocenters. The van der Waals surface area contributed by atoms with Crippen molar-refractivity contribution in [2.45, 2.75) is 26.2 Å². The molecule has 92 valence electrons. The van der Waals surface area contributed by atoms with Crippen LogP contribution in [-0.4, -0.2) is 32.9 Å². The number of nitrogens with one attached hydrogen (secondary N) is 1. The lowest BCUT2D eigenvalue weighted by atomic mass is 9.92. The molecule has 0 aliphatic rings. The lowest BCUT2D eigenvalue weighted by Crippen LogP contribution is -2.11. The molecule has 2 aromatic heterocycles. The molecule has 0 fully saturated rings. The molecule has 0 saturated heterocycles. The summed E-state index contributed by atoms with van der Waals surface area (Å²) in [4.78, 5) is 4.26. The van der Waals surface area contributed by atoms with E-state index in [0.29, 0.717) is 6.54 Å². The van der Waals surface area contributed by atoms with Gasteiger partial charge in [-0.25, -0.2) is 9.50 Å². The van der Waals surface area contributed by atoms with Crippen LogP contribution in [0.5, 0.6) is 0 Å². The summed E-state index contributed by atoms with van der Waals surface area (Å²) >= 11 is 0. The molecule has 17 heavy (non-hydrogen) atoms. The summed E-state index contributed by atoms with van der Waals surface area (Å²) in [5.41, 5.74) is 1.98. The Morgan fingerprint density at radius 1 is 1.41 bits per heavy atom. The zero-order valence-corrected chi connectivity index (χ0v) is 10.4. The predicted molar refractivity (Wildman–Crippen MR) is 67.3 cm³/mol. The minimum absolute atomic E-state index is 0.0142. The number of hydrogen-bond donors (Lipinski definition) is 2. The molecule has 2 heterocycles. The van der Waals surface area contributed by atoms with Crippen LogP contribution in [0.25, 0.3) is 5.52 Å². The Morgan fingerprint density at radius 2 is 2.18 bits per heavy atom. The van der Waals surface area contributed by atoms with Crippen molar-refractivity contribution in [1.82, 2.24) is 14.6 Å². The van der Waals surface area contributed by atoms with Gasteiger partial charge in [0.2, 0.25) is 0 Å². The highest BCUT2D eigenvalue weighted by Gasteiger charge is 2.18. The molecule has 0 spiro atoms. The van der Waals surface area contributed by atoms with Gasteiger partial charge in [0.1, 0.15) is 5.52 Å². The van der Waals surface area contributed by atoms with E-state index in [4.69, 9.17) is 5.11 Å². The van der Waals surface area contributed by atoms with Gasteiger partial charge in [-0.1, -0.05) is 20.8 Å². The van der Waals surface area contributed by atoms with Crippen LogP contribution in [0.1, 0.15) is 26.5 Å². The SMILES string of the molecule is CC(C)(C)c1cc2c(NCCO)nccn2n1. The number of hydrogen-bond acceptors (Lipinski definition) is 4. The fraction of sp³-hybridized carbons (Fsp3) is 0.500. The van der Waals surface area contributed by atoms with E-state index in [-0.39, 0.29) is 12.0 Å². The summed E-state index contributed by atoms with van der Waals surface area (Å²) in [6.45, 7) is 6.96. The van der Waals surface area contributed by atoms with Crippen molar-refractivity contribution in [1.29, 1.82) is 0 Å². The second-order valence-electron chi connectivity index (χ2n) is 5.04. The Kier molecular flexibility index (Phi) is 3.02. The summed E-state index contributed by atoms with van der Waals surface area (Å²) in [6.07, 6.45) is 3.53. The van der Waals surface area contributed by atoms with E-state index in [1.807, 2.05) is 16.8 Å². The van der Waals surface area contributed by atoms with Crippen LogP contribution >= 0.6 is 0 Å². The zero-order valence-electron chi connectivity index (χ0n) is 10.4. The highest BCUT2D eigenvalue weighted by atomic mass is 16.3. The van der Waals surface area contributed by atoms with Gasteiger partial charge in [-0.2, -0.15) is 5.10 Å². The Balaban J connectivity index is 2.45. The number of anilines is 1. The third kappa shape index (κ3) is 2.39. The third-order valence-electron chi connectivity index (χ3n) is 2.56. The van der Waals surface area contributed by atoms with Crippen molar-refractivity contribution in [3.8, 4) is 0 Å². The Hall–Kier alpha value is -1.62. The first-order valence-electron chi connectivity index (χ1n) is 5.72. The second-order valence-corrected chi connectivity index (χ2v) is 5.04. The van der Waals surface area contributed by atoms with E-state index in [1.54, 1.807) is 6.20 Å². The van der Waals surface area contributed by atoms with Crippen LogP contribution in [0.2, 0.25) is 0 Å². The van der Waals surface area contributed by atoms with Gasteiger partial charge >= 0.3 is 0 Å². The van der Waals surface area contributed by atoms with Gasteiger partial charge in [0, 0.05) is 24.4 Å². The van der Waals surface area contributed by atoms with E-state index in [2.05, 4.69) is 36.2 Å². The van der Waals surface area contributed by atoms with E-state index in [0.717, 1.165) is 17.0 Å². The smallest absolute Gasteiger partial charge is 0.152 e. The van der Waals surface area contributed by atoms with Crippen LogP contribution in [-0.2, 0) is 5.41 Å². The summed E-state index contributed by atoms with van der Waals surface area (Å²) in [7, 11) is 0. The average Bonchev–Trinajstić information content (AvgIpc) is 2.70. The average molecular weight is 234 g/mol. The quantitative estimate of drug-likeness (QED) is 0.843. The number of aromatic nitrogens is 3. The van der Waals surface area contributed by atoms with Crippen molar-refractivity contribution < 1.29 is 5.11 Å². The second kappa shape index (κ2) is 4.33. The largest absolute Gasteiger partial charge is 0.395 e. The zero-order chi connectivity index (χ0) is 12.5. The molecular formula is C12H18N4O. The number of aliphatic hydroxyl groups is 1.